The number of carbonyl (C=O) groups excluding carboxylic acids is 1. The van der Waals surface area contributed by atoms with Crippen LogP contribution in [-0.4, -0.2) is 40.5 Å². The summed E-state index contributed by atoms with van der Waals surface area (Å²) in [5.41, 5.74) is 2.93. The second-order valence-electron chi connectivity index (χ2n) is 7.92. The van der Waals surface area contributed by atoms with Crippen LogP contribution in [0.1, 0.15) is 67.3 Å². The Morgan fingerprint density at radius 3 is 2.62 bits per heavy atom. The second kappa shape index (κ2) is 7.26. The van der Waals surface area contributed by atoms with Crippen LogP contribution in [0, 0.1) is 6.92 Å². The lowest BCUT2D eigenvalue weighted by atomic mass is 9.95. The van der Waals surface area contributed by atoms with E-state index in [4.69, 9.17) is 9.73 Å². The van der Waals surface area contributed by atoms with Crippen LogP contribution in [-0.2, 0) is 4.74 Å². The van der Waals surface area contributed by atoms with E-state index in [9.17, 15) is 4.79 Å². The molecule has 4 nitrogen and oxygen atoms in total. The van der Waals surface area contributed by atoms with Crippen molar-refractivity contribution < 1.29 is 9.53 Å². The summed E-state index contributed by atoms with van der Waals surface area (Å²) in [7, 11) is 1.42. The summed E-state index contributed by atoms with van der Waals surface area (Å²) in [5.74, 6) is 0.891. The Morgan fingerprint density at radius 1 is 1.23 bits per heavy atom. The summed E-state index contributed by atoms with van der Waals surface area (Å²) in [4.78, 5) is 19.5. The summed E-state index contributed by atoms with van der Waals surface area (Å²) >= 11 is 1.94. The second-order valence-corrected chi connectivity index (χ2v) is 8.86. The Labute approximate surface area is 160 Å². The zero-order valence-electron chi connectivity index (χ0n) is 15.8. The molecule has 0 unspecified atom stereocenters. The molecule has 2 aliphatic carbocycles. The van der Waals surface area contributed by atoms with Crippen LogP contribution < -0.4 is 0 Å². The Morgan fingerprint density at radius 2 is 1.96 bits per heavy atom. The van der Waals surface area contributed by atoms with Gasteiger partial charge in [0.1, 0.15) is 0 Å². The topological polar surface area (TPSA) is 41.9 Å². The molecule has 1 heterocycles. The van der Waals surface area contributed by atoms with Crippen molar-refractivity contribution in [3.05, 3.63) is 29.3 Å². The number of thioether (sulfide) groups is 1. The van der Waals surface area contributed by atoms with Gasteiger partial charge in [0.25, 0.3) is 0 Å². The van der Waals surface area contributed by atoms with Gasteiger partial charge in [-0.3, -0.25) is 0 Å². The molecular formula is C21H28N2O2S. The fraction of sp³-hybridized carbons (Fsp3) is 0.619. The molecule has 1 saturated heterocycles. The predicted molar refractivity (Wildman–Crippen MR) is 107 cm³/mol. The highest BCUT2D eigenvalue weighted by Crippen LogP contribution is 2.48. The summed E-state index contributed by atoms with van der Waals surface area (Å²) in [6, 6.07) is 6.33. The van der Waals surface area contributed by atoms with Crippen LogP contribution in [0.25, 0.3) is 0 Å². The van der Waals surface area contributed by atoms with Crippen LogP contribution in [0.15, 0.2) is 23.2 Å². The minimum atomic E-state index is -0.292. The van der Waals surface area contributed by atoms with E-state index in [1.54, 1.807) is 0 Å². The van der Waals surface area contributed by atoms with Crippen molar-refractivity contribution in [3.8, 4) is 0 Å². The van der Waals surface area contributed by atoms with Gasteiger partial charge < -0.3 is 9.64 Å². The monoisotopic (exact) mass is 372 g/mol. The molecule has 1 aromatic carbocycles. The van der Waals surface area contributed by atoms with Crippen molar-refractivity contribution in [1.29, 1.82) is 0 Å². The molecule has 140 valence electrons. The Balaban J connectivity index is 1.66. The average molecular weight is 373 g/mol. The lowest BCUT2D eigenvalue weighted by molar-refractivity contribution is 0.0600. The van der Waals surface area contributed by atoms with Crippen LogP contribution in [0.2, 0.25) is 0 Å². The van der Waals surface area contributed by atoms with E-state index in [-0.39, 0.29) is 5.97 Å². The van der Waals surface area contributed by atoms with E-state index in [1.165, 1.54) is 69.4 Å². The summed E-state index contributed by atoms with van der Waals surface area (Å²) in [5, 5.41) is 1.20. The van der Waals surface area contributed by atoms with Crippen LogP contribution in [0.3, 0.4) is 0 Å². The zero-order chi connectivity index (χ0) is 18.1. The number of esters is 1. The van der Waals surface area contributed by atoms with Crippen molar-refractivity contribution in [3.63, 3.8) is 0 Å². The van der Waals surface area contributed by atoms with Gasteiger partial charge in [0, 0.05) is 11.8 Å². The molecule has 0 N–H and O–H groups in total. The quantitative estimate of drug-likeness (QED) is 0.695. The molecule has 2 saturated carbocycles. The third-order valence-corrected chi connectivity index (χ3v) is 7.47. The molecule has 0 bridgehead atoms. The first-order chi connectivity index (χ1) is 12.6. The zero-order valence-corrected chi connectivity index (χ0v) is 16.6. The van der Waals surface area contributed by atoms with Crippen LogP contribution >= 0.6 is 11.8 Å². The Bertz CT molecular complexity index is 719. The molecule has 1 spiro atoms. The molecule has 0 amide bonds. The largest absolute Gasteiger partial charge is 0.465 e. The van der Waals surface area contributed by atoms with Gasteiger partial charge in [-0.2, -0.15) is 0 Å². The number of hydrogen-bond acceptors (Lipinski definition) is 4. The lowest BCUT2D eigenvalue weighted by Gasteiger charge is -2.40. The number of ether oxygens (including phenoxy) is 1. The van der Waals surface area contributed by atoms with E-state index in [0.717, 1.165) is 11.3 Å². The van der Waals surface area contributed by atoms with Gasteiger partial charge in [-0.15, -0.1) is 0 Å². The highest BCUT2D eigenvalue weighted by molar-refractivity contribution is 8.14. The standard InChI is InChI=1S/C21H28N2O2S/c1-15-13-16(19(24)25-2)9-10-18(15)22-20-23(17-7-3-4-8-17)21(14-26-20)11-5-6-12-21/h9-10,13,17H,3-8,11-12,14H2,1-2H3. The normalized spacial score (nSPS) is 24.1. The number of amidine groups is 1. The fourth-order valence-electron chi connectivity index (χ4n) is 4.88. The van der Waals surface area contributed by atoms with Gasteiger partial charge in [-0.1, -0.05) is 37.4 Å². The van der Waals surface area contributed by atoms with E-state index < -0.39 is 0 Å². The lowest BCUT2D eigenvalue weighted by Crippen LogP contribution is -2.50. The number of nitrogens with zero attached hydrogens (tertiary/aromatic N) is 2. The third kappa shape index (κ3) is 3.15. The predicted octanol–water partition coefficient (Wildman–Crippen LogP) is 5.07. The maximum atomic E-state index is 11.7. The van der Waals surface area contributed by atoms with Crippen molar-refractivity contribution >= 4 is 28.6 Å². The molecule has 3 fully saturated rings. The number of aliphatic imine (C=N–C) groups is 1. The molecule has 0 aromatic heterocycles. The molecule has 0 atom stereocenters. The van der Waals surface area contributed by atoms with Crippen molar-refractivity contribution in [2.45, 2.75) is 69.9 Å². The molecule has 26 heavy (non-hydrogen) atoms. The van der Waals surface area contributed by atoms with Gasteiger partial charge >= 0.3 is 5.97 Å². The van der Waals surface area contributed by atoms with E-state index in [2.05, 4.69) is 4.90 Å². The third-order valence-electron chi connectivity index (χ3n) is 6.25. The highest BCUT2D eigenvalue weighted by atomic mass is 32.2. The number of methoxy groups -OCH3 is 1. The van der Waals surface area contributed by atoms with Gasteiger partial charge in [-0.25, -0.2) is 9.79 Å². The van der Waals surface area contributed by atoms with Crippen molar-refractivity contribution in [1.82, 2.24) is 4.90 Å². The highest BCUT2D eigenvalue weighted by Gasteiger charge is 2.49. The SMILES string of the molecule is COC(=O)c1ccc(N=C2SCC3(CCCC3)N2C2CCCC2)c(C)c1. The molecule has 1 aliphatic heterocycles. The maximum Gasteiger partial charge on any atom is 0.337 e. The number of rotatable bonds is 3. The van der Waals surface area contributed by atoms with E-state index in [1.807, 2.05) is 36.9 Å². The molecule has 5 heteroatoms. The Hall–Kier alpha value is -1.49. The first-order valence-electron chi connectivity index (χ1n) is 9.83. The van der Waals surface area contributed by atoms with Gasteiger partial charge in [0.15, 0.2) is 5.17 Å². The van der Waals surface area contributed by atoms with Gasteiger partial charge in [0.05, 0.1) is 23.9 Å². The minimum Gasteiger partial charge on any atom is -0.465 e. The molecule has 0 radical (unpaired) electrons. The summed E-state index contributed by atoms with van der Waals surface area (Å²) in [6.45, 7) is 2.02. The summed E-state index contributed by atoms with van der Waals surface area (Å²) in [6.07, 6.45) is 10.6. The first-order valence-corrected chi connectivity index (χ1v) is 10.8. The number of hydrogen-bond donors (Lipinski definition) is 0. The van der Waals surface area contributed by atoms with Gasteiger partial charge in [-0.05, 0) is 56.4 Å². The van der Waals surface area contributed by atoms with Crippen LogP contribution in [0.5, 0.6) is 0 Å². The summed E-state index contributed by atoms with van der Waals surface area (Å²) < 4.78 is 4.83. The molecule has 1 aromatic rings. The Kier molecular flexibility index (Phi) is 5.00. The van der Waals surface area contributed by atoms with E-state index in [0.29, 0.717) is 17.1 Å². The average Bonchev–Trinajstić information content (AvgIpc) is 3.39. The first kappa shape index (κ1) is 17.9. The smallest absolute Gasteiger partial charge is 0.337 e. The minimum absolute atomic E-state index is 0.292. The molecule has 3 aliphatic rings. The van der Waals surface area contributed by atoms with Crippen LogP contribution in [0.4, 0.5) is 5.69 Å². The van der Waals surface area contributed by atoms with Gasteiger partial charge in [0.2, 0.25) is 0 Å². The van der Waals surface area contributed by atoms with Crippen molar-refractivity contribution in [2.24, 2.45) is 4.99 Å². The van der Waals surface area contributed by atoms with Crippen molar-refractivity contribution in [2.75, 3.05) is 12.9 Å². The maximum absolute atomic E-state index is 11.7. The molecular weight excluding hydrogens is 344 g/mol. The number of aryl methyl sites for hydroxylation is 1. The fourth-order valence-corrected chi connectivity index (χ4v) is 6.35. The number of benzene rings is 1. The number of carbonyl (C=O) groups is 1. The van der Waals surface area contributed by atoms with E-state index >= 15 is 0 Å². The molecule has 4 rings (SSSR count).